The zero-order chi connectivity index (χ0) is 14.5. The molecule has 114 valence electrons. The number of carboxylic acid groups (broad SMARTS) is 1. The van der Waals surface area contributed by atoms with Crippen molar-refractivity contribution < 1.29 is 14.7 Å². The summed E-state index contributed by atoms with van der Waals surface area (Å²) in [7, 11) is 1.88. The molecule has 2 aliphatic rings. The zero-order valence-electron chi connectivity index (χ0n) is 12.4. The van der Waals surface area contributed by atoms with Gasteiger partial charge in [0.1, 0.15) is 0 Å². The van der Waals surface area contributed by atoms with Crippen LogP contribution in [0.15, 0.2) is 0 Å². The standard InChI is InChI=1S/C15H26N2O3/c1-16(9-12-5-3-2-4-6-12)14(18)11-17-8-7-13(10-17)15(19)20/h12-13H,2-11H2,1H3,(H,19,20). The Morgan fingerprint density at radius 1 is 1.20 bits per heavy atom. The van der Waals surface area contributed by atoms with E-state index in [9.17, 15) is 9.59 Å². The van der Waals surface area contributed by atoms with Crippen LogP contribution >= 0.6 is 0 Å². The maximum atomic E-state index is 12.2. The number of aliphatic carboxylic acids is 1. The summed E-state index contributed by atoms with van der Waals surface area (Å²) in [6.07, 6.45) is 7.05. The number of hydrogen-bond donors (Lipinski definition) is 1. The maximum absolute atomic E-state index is 12.2. The highest BCUT2D eigenvalue weighted by Crippen LogP contribution is 2.24. The largest absolute Gasteiger partial charge is 0.481 e. The Bertz CT molecular complexity index is 353. The van der Waals surface area contributed by atoms with Crippen molar-refractivity contribution >= 4 is 11.9 Å². The van der Waals surface area contributed by atoms with E-state index in [1.807, 2.05) is 16.8 Å². The van der Waals surface area contributed by atoms with Gasteiger partial charge in [0.2, 0.25) is 5.91 Å². The number of carbonyl (C=O) groups is 2. The number of carboxylic acids is 1. The highest BCUT2D eigenvalue weighted by Gasteiger charge is 2.29. The lowest BCUT2D eigenvalue weighted by molar-refractivity contribution is -0.141. The second kappa shape index (κ2) is 7.07. The fourth-order valence-corrected chi connectivity index (χ4v) is 3.35. The summed E-state index contributed by atoms with van der Waals surface area (Å²) in [6.45, 7) is 2.46. The van der Waals surface area contributed by atoms with Crippen molar-refractivity contribution in [3.8, 4) is 0 Å². The molecule has 1 atom stereocenters. The SMILES string of the molecule is CN(CC1CCCCC1)C(=O)CN1CCC(C(=O)O)C1. The van der Waals surface area contributed by atoms with Gasteiger partial charge in [-0.25, -0.2) is 0 Å². The van der Waals surface area contributed by atoms with Crippen molar-refractivity contribution in [3.63, 3.8) is 0 Å². The molecule has 1 aliphatic carbocycles. The number of likely N-dealkylation sites (tertiary alicyclic amines) is 1. The lowest BCUT2D eigenvalue weighted by atomic mass is 9.89. The molecule has 1 N–H and O–H groups in total. The molecule has 1 unspecified atom stereocenters. The van der Waals surface area contributed by atoms with Crippen LogP contribution in [-0.4, -0.2) is 60.0 Å². The minimum atomic E-state index is -0.740. The molecule has 1 heterocycles. The molecule has 0 radical (unpaired) electrons. The normalized spacial score (nSPS) is 24.8. The van der Waals surface area contributed by atoms with Gasteiger partial charge in [0.05, 0.1) is 12.5 Å². The topological polar surface area (TPSA) is 60.9 Å². The van der Waals surface area contributed by atoms with E-state index in [0.717, 1.165) is 13.1 Å². The van der Waals surface area contributed by atoms with Gasteiger partial charge in [-0.1, -0.05) is 19.3 Å². The van der Waals surface area contributed by atoms with Gasteiger partial charge in [0, 0.05) is 20.1 Å². The van der Waals surface area contributed by atoms with E-state index in [2.05, 4.69) is 0 Å². The second-order valence-corrected chi connectivity index (χ2v) is 6.34. The monoisotopic (exact) mass is 282 g/mol. The number of hydrogen-bond acceptors (Lipinski definition) is 3. The number of likely N-dealkylation sites (N-methyl/N-ethyl adjacent to an activating group) is 1. The van der Waals surface area contributed by atoms with Gasteiger partial charge in [-0.2, -0.15) is 0 Å². The first-order valence-electron chi connectivity index (χ1n) is 7.75. The van der Waals surface area contributed by atoms with Crippen LogP contribution in [0.1, 0.15) is 38.5 Å². The summed E-state index contributed by atoms with van der Waals surface area (Å²) in [6, 6.07) is 0. The van der Waals surface area contributed by atoms with E-state index >= 15 is 0 Å². The first-order valence-corrected chi connectivity index (χ1v) is 7.75. The predicted molar refractivity (Wildman–Crippen MR) is 76.4 cm³/mol. The van der Waals surface area contributed by atoms with Crippen molar-refractivity contribution in [3.05, 3.63) is 0 Å². The third-order valence-electron chi connectivity index (χ3n) is 4.66. The van der Waals surface area contributed by atoms with E-state index in [-0.39, 0.29) is 11.8 Å². The highest BCUT2D eigenvalue weighted by molar-refractivity contribution is 5.78. The molecule has 5 heteroatoms. The molecule has 2 fully saturated rings. The molecule has 20 heavy (non-hydrogen) atoms. The molecule has 2 rings (SSSR count). The Hall–Kier alpha value is -1.10. The van der Waals surface area contributed by atoms with Crippen LogP contribution in [0.2, 0.25) is 0 Å². The van der Waals surface area contributed by atoms with Gasteiger partial charge in [-0.15, -0.1) is 0 Å². The Morgan fingerprint density at radius 2 is 1.90 bits per heavy atom. The van der Waals surface area contributed by atoms with Crippen LogP contribution in [0.5, 0.6) is 0 Å². The summed E-state index contributed by atoms with van der Waals surface area (Å²) in [5.74, 6) is -0.258. The predicted octanol–water partition coefficient (Wildman–Crippen LogP) is 1.43. The van der Waals surface area contributed by atoms with Crippen molar-refractivity contribution in [2.75, 3.05) is 33.2 Å². The smallest absolute Gasteiger partial charge is 0.307 e. The van der Waals surface area contributed by atoms with Crippen molar-refractivity contribution in [1.82, 2.24) is 9.80 Å². The third kappa shape index (κ3) is 4.20. The Morgan fingerprint density at radius 3 is 2.50 bits per heavy atom. The summed E-state index contributed by atoms with van der Waals surface area (Å²) in [4.78, 5) is 26.9. The molecule has 1 saturated heterocycles. The minimum Gasteiger partial charge on any atom is -0.481 e. The van der Waals surface area contributed by atoms with E-state index in [1.54, 1.807) is 0 Å². The summed E-state index contributed by atoms with van der Waals surface area (Å²) in [5, 5.41) is 8.97. The van der Waals surface area contributed by atoms with E-state index in [0.29, 0.717) is 25.4 Å². The van der Waals surface area contributed by atoms with Crippen molar-refractivity contribution in [2.24, 2.45) is 11.8 Å². The van der Waals surface area contributed by atoms with Gasteiger partial charge < -0.3 is 10.0 Å². The molecule has 5 nitrogen and oxygen atoms in total. The zero-order valence-corrected chi connectivity index (χ0v) is 12.4. The Kier molecular flexibility index (Phi) is 5.40. The molecule has 0 aromatic heterocycles. The molecule has 1 saturated carbocycles. The van der Waals surface area contributed by atoms with Crippen LogP contribution in [-0.2, 0) is 9.59 Å². The van der Waals surface area contributed by atoms with Crippen LogP contribution < -0.4 is 0 Å². The van der Waals surface area contributed by atoms with Crippen LogP contribution in [0.4, 0.5) is 0 Å². The van der Waals surface area contributed by atoms with Gasteiger partial charge in [-0.3, -0.25) is 14.5 Å². The molecule has 0 aromatic carbocycles. The first kappa shape index (κ1) is 15.3. The first-order chi connectivity index (χ1) is 9.56. The Labute approximate surface area is 120 Å². The van der Waals surface area contributed by atoms with Crippen LogP contribution in [0, 0.1) is 11.8 Å². The van der Waals surface area contributed by atoms with Crippen LogP contribution in [0.3, 0.4) is 0 Å². The lowest BCUT2D eigenvalue weighted by Crippen LogP contribution is -2.40. The fourth-order valence-electron chi connectivity index (χ4n) is 3.35. The molecular weight excluding hydrogens is 256 g/mol. The highest BCUT2D eigenvalue weighted by atomic mass is 16.4. The quantitative estimate of drug-likeness (QED) is 0.828. The average molecular weight is 282 g/mol. The summed E-state index contributed by atoms with van der Waals surface area (Å²) < 4.78 is 0. The van der Waals surface area contributed by atoms with E-state index in [1.165, 1.54) is 32.1 Å². The van der Waals surface area contributed by atoms with Gasteiger partial charge in [0.25, 0.3) is 0 Å². The summed E-state index contributed by atoms with van der Waals surface area (Å²) in [5.41, 5.74) is 0. The van der Waals surface area contributed by atoms with Gasteiger partial charge >= 0.3 is 5.97 Å². The molecule has 1 aliphatic heterocycles. The summed E-state index contributed by atoms with van der Waals surface area (Å²) >= 11 is 0. The maximum Gasteiger partial charge on any atom is 0.307 e. The van der Waals surface area contributed by atoms with E-state index < -0.39 is 5.97 Å². The van der Waals surface area contributed by atoms with Crippen molar-refractivity contribution in [2.45, 2.75) is 38.5 Å². The van der Waals surface area contributed by atoms with Gasteiger partial charge in [-0.05, 0) is 31.7 Å². The number of amides is 1. The number of carbonyl (C=O) groups excluding carboxylic acids is 1. The second-order valence-electron chi connectivity index (χ2n) is 6.34. The van der Waals surface area contributed by atoms with Crippen LogP contribution in [0.25, 0.3) is 0 Å². The number of rotatable bonds is 5. The molecule has 0 spiro atoms. The number of nitrogens with zero attached hydrogens (tertiary/aromatic N) is 2. The minimum absolute atomic E-state index is 0.126. The third-order valence-corrected chi connectivity index (χ3v) is 4.66. The average Bonchev–Trinajstić information content (AvgIpc) is 2.88. The molecular formula is C15H26N2O3. The molecule has 0 bridgehead atoms. The lowest BCUT2D eigenvalue weighted by Gasteiger charge is -2.28. The van der Waals surface area contributed by atoms with Gasteiger partial charge in [0.15, 0.2) is 0 Å². The fraction of sp³-hybridized carbons (Fsp3) is 0.867. The molecule has 1 amide bonds. The Balaban J connectivity index is 1.72. The molecule has 0 aromatic rings. The van der Waals surface area contributed by atoms with Crippen molar-refractivity contribution in [1.29, 1.82) is 0 Å². The van der Waals surface area contributed by atoms with E-state index in [4.69, 9.17) is 5.11 Å².